The molecule has 3 rings (SSSR count). The highest BCUT2D eigenvalue weighted by atomic mass is 16.1. The van der Waals surface area contributed by atoms with Crippen LogP contribution in [0.1, 0.15) is 58.8 Å². The Morgan fingerprint density at radius 3 is 2.61 bits per heavy atom. The molecule has 2 aliphatic carbocycles. The third kappa shape index (κ3) is 1.84. The predicted molar refractivity (Wildman–Crippen MR) is 73.4 cm³/mol. The minimum Gasteiger partial charge on any atom is -0.298 e. The molecule has 1 aliphatic heterocycles. The molecule has 1 saturated heterocycles. The third-order valence-corrected chi connectivity index (χ3v) is 5.96. The SMILES string of the molecule is CCC(=O)C1CC2C3CCCCC3CC2N1CC. The lowest BCUT2D eigenvalue weighted by Gasteiger charge is -2.29. The summed E-state index contributed by atoms with van der Waals surface area (Å²) in [4.78, 5) is 14.7. The second-order valence-electron chi connectivity index (χ2n) is 6.58. The van der Waals surface area contributed by atoms with Crippen LogP contribution in [0.2, 0.25) is 0 Å². The molecule has 1 heterocycles. The Bertz CT molecular complexity index is 327. The van der Waals surface area contributed by atoms with Crippen LogP contribution in [0.3, 0.4) is 0 Å². The summed E-state index contributed by atoms with van der Waals surface area (Å²) in [6.45, 7) is 5.32. The smallest absolute Gasteiger partial charge is 0.149 e. The molecule has 2 heteroatoms. The van der Waals surface area contributed by atoms with E-state index in [0.717, 1.165) is 30.3 Å². The maximum Gasteiger partial charge on any atom is 0.149 e. The number of likely N-dealkylation sites (N-methyl/N-ethyl adjacent to an activating group) is 1. The van der Waals surface area contributed by atoms with Gasteiger partial charge in [-0.05, 0) is 43.6 Å². The molecular weight excluding hydrogens is 222 g/mol. The zero-order valence-electron chi connectivity index (χ0n) is 11.9. The fraction of sp³-hybridized carbons (Fsp3) is 0.938. The first kappa shape index (κ1) is 12.7. The number of fused-ring (bicyclic) bond motifs is 3. The van der Waals surface area contributed by atoms with E-state index >= 15 is 0 Å². The average molecular weight is 249 g/mol. The molecule has 0 aromatic rings. The topological polar surface area (TPSA) is 20.3 Å². The first-order valence-electron chi connectivity index (χ1n) is 8.04. The molecular formula is C16H27NO. The summed E-state index contributed by atoms with van der Waals surface area (Å²) < 4.78 is 0. The lowest BCUT2D eigenvalue weighted by Crippen LogP contribution is -2.40. The van der Waals surface area contributed by atoms with Crippen molar-refractivity contribution < 1.29 is 4.79 Å². The van der Waals surface area contributed by atoms with Gasteiger partial charge < -0.3 is 0 Å². The van der Waals surface area contributed by atoms with E-state index < -0.39 is 0 Å². The molecule has 0 aromatic heterocycles. The van der Waals surface area contributed by atoms with Crippen LogP contribution in [0.5, 0.6) is 0 Å². The van der Waals surface area contributed by atoms with Crippen molar-refractivity contribution in [1.29, 1.82) is 0 Å². The number of Topliss-reactive ketones (excluding diaryl/α,β-unsaturated/α-hetero) is 1. The Kier molecular flexibility index (Phi) is 3.48. The molecule has 2 saturated carbocycles. The maximum absolute atomic E-state index is 12.1. The molecule has 3 aliphatic rings. The third-order valence-electron chi connectivity index (χ3n) is 5.96. The molecule has 2 nitrogen and oxygen atoms in total. The van der Waals surface area contributed by atoms with Crippen LogP contribution < -0.4 is 0 Å². The number of carbonyl (C=O) groups is 1. The van der Waals surface area contributed by atoms with Gasteiger partial charge in [0.15, 0.2) is 0 Å². The van der Waals surface area contributed by atoms with Crippen LogP contribution in [0.4, 0.5) is 0 Å². The first-order chi connectivity index (χ1) is 8.76. The van der Waals surface area contributed by atoms with E-state index in [0.29, 0.717) is 12.2 Å². The maximum atomic E-state index is 12.1. The standard InChI is InChI=1S/C16H27NO/c1-3-16(18)15-10-13-12-8-6-5-7-11(12)9-14(13)17(15)4-2/h11-15H,3-10H2,1-2H3. The minimum atomic E-state index is 0.262. The van der Waals surface area contributed by atoms with Gasteiger partial charge >= 0.3 is 0 Å². The Labute approximate surface area is 111 Å². The lowest BCUT2D eigenvalue weighted by molar-refractivity contribution is -0.123. The van der Waals surface area contributed by atoms with Gasteiger partial charge in [0.2, 0.25) is 0 Å². The van der Waals surface area contributed by atoms with Gasteiger partial charge in [0.25, 0.3) is 0 Å². The fourth-order valence-electron chi connectivity index (χ4n) is 5.21. The number of likely N-dealkylation sites (tertiary alicyclic amines) is 1. The Morgan fingerprint density at radius 2 is 1.89 bits per heavy atom. The number of nitrogens with zero attached hydrogens (tertiary/aromatic N) is 1. The Hall–Kier alpha value is -0.370. The van der Waals surface area contributed by atoms with Crippen molar-refractivity contribution in [3.8, 4) is 0 Å². The molecule has 5 atom stereocenters. The molecule has 3 fully saturated rings. The molecule has 18 heavy (non-hydrogen) atoms. The summed E-state index contributed by atoms with van der Waals surface area (Å²) >= 11 is 0. The molecule has 0 spiro atoms. The van der Waals surface area contributed by atoms with Gasteiger partial charge in [-0.15, -0.1) is 0 Å². The zero-order chi connectivity index (χ0) is 12.7. The summed E-state index contributed by atoms with van der Waals surface area (Å²) in [6, 6.07) is 1.00. The zero-order valence-corrected chi connectivity index (χ0v) is 11.9. The highest BCUT2D eigenvalue weighted by Gasteiger charge is 2.53. The molecule has 0 aromatic carbocycles. The van der Waals surface area contributed by atoms with E-state index in [1.807, 2.05) is 6.92 Å². The fourth-order valence-corrected chi connectivity index (χ4v) is 5.21. The van der Waals surface area contributed by atoms with Crippen molar-refractivity contribution in [2.45, 2.75) is 70.9 Å². The van der Waals surface area contributed by atoms with Gasteiger partial charge in [0.1, 0.15) is 5.78 Å². The Morgan fingerprint density at radius 1 is 1.11 bits per heavy atom. The largest absolute Gasteiger partial charge is 0.298 e. The second kappa shape index (κ2) is 4.96. The van der Waals surface area contributed by atoms with Crippen LogP contribution in [0.25, 0.3) is 0 Å². The Balaban J connectivity index is 1.78. The van der Waals surface area contributed by atoms with Crippen LogP contribution in [-0.2, 0) is 4.79 Å². The molecule has 102 valence electrons. The van der Waals surface area contributed by atoms with E-state index in [9.17, 15) is 4.79 Å². The van der Waals surface area contributed by atoms with Gasteiger partial charge in [0, 0.05) is 12.5 Å². The van der Waals surface area contributed by atoms with Gasteiger partial charge in [-0.1, -0.05) is 33.1 Å². The van der Waals surface area contributed by atoms with Crippen molar-refractivity contribution in [3.05, 3.63) is 0 Å². The highest BCUT2D eigenvalue weighted by Crippen LogP contribution is 2.53. The number of hydrogen-bond donors (Lipinski definition) is 0. The van der Waals surface area contributed by atoms with Gasteiger partial charge in [-0.3, -0.25) is 9.69 Å². The van der Waals surface area contributed by atoms with E-state index in [1.54, 1.807) is 0 Å². The highest BCUT2D eigenvalue weighted by molar-refractivity contribution is 5.84. The monoisotopic (exact) mass is 249 g/mol. The molecule has 0 N–H and O–H groups in total. The van der Waals surface area contributed by atoms with Crippen LogP contribution in [0.15, 0.2) is 0 Å². The quantitative estimate of drug-likeness (QED) is 0.765. The van der Waals surface area contributed by atoms with E-state index in [2.05, 4.69) is 11.8 Å². The van der Waals surface area contributed by atoms with Gasteiger partial charge in [0.05, 0.1) is 6.04 Å². The number of carbonyl (C=O) groups excluding carboxylic acids is 1. The predicted octanol–water partition coefficient (Wildman–Crippen LogP) is 3.25. The second-order valence-corrected chi connectivity index (χ2v) is 6.58. The van der Waals surface area contributed by atoms with Crippen molar-refractivity contribution >= 4 is 5.78 Å². The van der Waals surface area contributed by atoms with Crippen molar-refractivity contribution in [2.75, 3.05) is 6.54 Å². The van der Waals surface area contributed by atoms with Crippen LogP contribution in [-0.4, -0.2) is 29.3 Å². The summed E-state index contributed by atoms with van der Waals surface area (Å²) in [6.07, 6.45) is 9.06. The first-order valence-corrected chi connectivity index (χ1v) is 8.04. The van der Waals surface area contributed by atoms with Gasteiger partial charge in [-0.25, -0.2) is 0 Å². The molecule has 0 bridgehead atoms. The normalized spacial score (nSPS) is 43.8. The van der Waals surface area contributed by atoms with Crippen LogP contribution >= 0.6 is 0 Å². The van der Waals surface area contributed by atoms with Crippen molar-refractivity contribution in [2.24, 2.45) is 17.8 Å². The molecule has 5 unspecified atom stereocenters. The number of ketones is 1. The number of rotatable bonds is 3. The molecule has 0 radical (unpaired) electrons. The van der Waals surface area contributed by atoms with Gasteiger partial charge in [-0.2, -0.15) is 0 Å². The number of hydrogen-bond acceptors (Lipinski definition) is 2. The van der Waals surface area contributed by atoms with E-state index in [-0.39, 0.29) is 6.04 Å². The van der Waals surface area contributed by atoms with Crippen molar-refractivity contribution in [3.63, 3.8) is 0 Å². The summed E-state index contributed by atoms with van der Waals surface area (Å²) in [5.41, 5.74) is 0. The van der Waals surface area contributed by atoms with Crippen molar-refractivity contribution in [1.82, 2.24) is 4.90 Å². The lowest BCUT2D eigenvalue weighted by atomic mass is 9.76. The summed E-state index contributed by atoms with van der Waals surface area (Å²) in [5.74, 6) is 3.27. The van der Waals surface area contributed by atoms with E-state index in [4.69, 9.17) is 0 Å². The average Bonchev–Trinajstić information content (AvgIpc) is 2.93. The minimum absolute atomic E-state index is 0.262. The van der Waals surface area contributed by atoms with E-state index in [1.165, 1.54) is 38.5 Å². The summed E-state index contributed by atoms with van der Waals surface area (Å²) in [7, 11) is 0. The molecule has 0 amide bonds. The summed E-state index contributed by atoms with van der Waals surface area (Å²) in [5, 5.41) is 0. The van der Waals surface area contributed by atoms with Crippen LogP contribution in [0, 0.1) is 17.8 Å².